The fourth-order valence-electron chi connectivity index (χ4n) is 0.678. The first-order valence-corrected chi connectivity index (χ1v) is 4.51. The molecule has 0 bridgehead atoms. The molecule has 4 heteroatoms. The third-order valence-electron chi connectivity index (χ3n) is 1.22. The van der Waals surface area contributed by atoms with Crippen LogP contribution < -0.4 is 0 Å². The minimum absolute atomic E-state index is 0.147. The molecule has 0 aromatic carbocycles. The molecule has 0 amide bonds. The van der Waals surface area contributed by atoms with Crippen molar-refractivity contribution in [3.63, 3.8) is 0 Å². The van der Waals surface area contributed by atoms with Gasteiger partial charge in [0.25, 0.3) is 0 Å². The Labute approximate surface area is 79.2 Å². The van der Waals surface area contributed by atoms with Crippen molar-refractivity contribution in [3.05, 3.63) is 0 Å². The molecule has 0 aliphatic carbocycles. The Morgan fingerprint density at radius 2 is 1.92 bits per heavy atom. The molecule has 0 rings (SSSR count). The van der Waals surface area contributed by atoms with Crippen LogP contribution in [0.4, 0.5) is 4.79 Å². The van der Waals surface area contributed by atoms with Crippen molar-refractivity contribution in [2.75, 3.05) is 13.2 Å². The van der Waals surface area contributed by atoms with Crippen LogP contribution in [0.5, 0.6) is 0 Å². The van der Waals surface area contributed by atoms with E-state index in [1.54, 1.807) is 13.8 Å². The van der Waals surface area contributed by atoms with E-state index in [-0.39, 0.29) is 12.2 Å². The molecule has 0 spiro atoms. The molecule has 0 fully saturated rings. The maximum absolute atomic E-state index is 10.8. The van der Waals surface area contributed by atoms with E-state index in [0.717, 1.165) is 0 Å². The third-order valence-corrected chi connectivity index (χ3v) is 1.22. The molecule has 0 radical (unpaired) electrons. The lowest BCUT2D eigenvalue weighted by molar-refractivity contribution is -0.0228. The van der Waals surface area contributed by atoms with Crippen LogP contribution in [-0.4, -0.2) is 31.6 Å². The van der Waals surface area contributed by atoms with Gasteiger partial charge in [0.1, 0.15) is 6.10 Å². The van der Waals surface area contributed by atoms with Crippen molar-refractivity contribution >= 4 is 6.16 Å². The Morgan fingerprint density at radius 3 is 2.38 bits per heavy atom. The molecule has 1 unspecified atom stereocenters. The van der Waals surface area contributed by atoms with Crippen LogP contribution in [-0.2, 0) is 14.2 Å². The Kier molecular flexibility index (Phi) is 6.32. The summed E-state index contributed by atoms with van der Waals surface area (Å²) in [4.78, 5) is 10.8. The van der Waals surface area contributed by atoms with Crippen LogP contribution >= 0.6 is 0 Å². The third kappa shape index (κ3) is 7.59. The zero-order chi connectivity index (χ0) is 10.3. The van der Waals surface area contributed by atoms with Crippen LogP contribution in [0.3, 0.4) is 0 Å². The van der Waals surface area contributed by atoms with Crippen molar-refractivity contribution in [1.29, 1.82) is 0 Å². The molecular weight excluding hydrogens is 172 g/mol. The Balaban J connectivity index is 3.49. The molecule has 0 aromatic rings. The van der Waals surface area contributed by atoms with Gasteiger partial charge in [-0.25, -0.2) is 4.79 Å². The highest BCUT2D eigenvalue weighted by Crippen LogP contribution is 1.97. The second kappa shape index (κ2) is 6.71. The van der Waals surface area contributed by atoms with Gasteiger partial charge >= 0.3 is 6.16 Å². The average molecular weight is 190 g/mol. The van der Waals surface area contributed by atoms with Gasteiger partial charge in [-0.3, -0.25) is 0 Å². The van der Waals surface area contributed by atoms with Gasteiger partial charge in [0.15, 0.2) is 0 Å². The highest BCUT2D eigenvalue weighted by atomic mass is 16.7. The minimum Gasteiger partial charge on any atom is -0.435 e. The highest BCUT2D eigenvalue weighted by molar-refractivity contribution is 5.59. The zero-order valence-corrected chi connectivity index (χ0v) is 8.70. The summed E-state index contributed by atoms with van der Waals surface area (Å²) in [6.45, 7) is 8.08. The molecule has 0 aliphatic rings. The van der Waals surface area contributed by atoms with Gasteiger partial charge < -0.3 is 14.2 Å². The maximum Gasteiger partial charge on any atom is 0.508 e. The van der Waals surface area contributed by atoms with E-state index in [0.29, 0.717) is 13.2 Å². The topological polar surface area (TPSA) is 44.8 Å². The van der Waals surface area contributed by atoms with Crippen LogP contribution in [0.15, 0.2) is 0 Å². The van der Waals surface area contributed by atoms with Crippen molar-refractivity contribution in [2.45, 2.75) is 39.9 Å². The first kappa shape index (κ1) is 12.2. The van der Waals surface area contributed by atoms with Gasteiger partial charge in [0.05, 0.1) is 19.3 Å². The monoisotopic (exact) mass is 190 g/mol. The molecule has 0 saturated carbocycles. The predicted octanol–water partition coefficient (Wildman–Crippen LogP) is 1.97. The first-order valence-electron chi connectivity index (χ1n) is 4.51. The summed E-state index contributed by atoms with van der Waals surface area (Å²) in [6.07, 6.45) is -0.753. The summed E-state index contributed by atoms with van der Waals surface area (Å²) in [6, 6.07) is 0. The van der Waals surface area contributed by atoms with Crippen molar-refractivity contribution < 1.29 is 19.0 Å². The second-order valence-electron chi connectivity index (χ2n) is 2.99. The van der Waals surface area contributed by atoms with E-state index in [2.05, 4.69) is 4.74 Å². The van der Waals surface area contributed by atoms with Gasteiger partial charge in [0.2, 0.25) is 0 Å². The molecule has 78 valence electrons. The van der Waals surface area contributed by atoms with Crippen LogP contribution in [0, 0.1) is 0 Å². The Bertz CT molecular complexity index is 145. The number of hydrogen-bond donors (Lipinski definition) is 0. The molecule has 0 N–H and O–H groups in total. The summed E-state index contributed by atoms with van der Waals surface area (Å²) < 4.78 is 14.7. The lowest BCUT2D eigenvalue weighted by Gasteiger charge is -2.14. The van der Waals surface area contributed by atoms with E-state index in [1.165, 1.54) is 0 Å². The largest absolute Gasteiger partial charge is 0.508 e. The van der Waals surface area contributed by atoms with Crippen molar-refractivity contribution in [1.82, 2.24) is 0 Å². The number of hydrogen-bond acceptors (Lipinski definition) is 4. The van der Waals surface area contributed by atoms with Crippen LogP contribution in [0.25, 0.3) is 0 Å². The SMILES string of the molecule is CCOC(=O)OC(C)COC(C)C. The van der Waals surface area contributed by atoms with Crippen LogP contribution in [0.2, 0.25) is 0 Å². The normalized spacial score (nSPS) is 12.7. The molecular formula is C9H18O4. The van der Waals surface area contributed by atoms with E-state index < -0.39 is 6.16 Å². The minimum atomic E-state index is -0.637. The van der Waals surface area contributed by atoms with Gasteiger partial charge in [-0.05, 0) is 27.7 Å². The van der Waals surface area contributed by atoms with E-state index in [4.69, 9.17) is 9.47 Å². The van der Waals surface area contributed by atoms with Gasteiger partial charge in [-0.2, -0.15) is 0 Å². The van der Waals surface area contributed by atoms with Crippen LogP contribution in [0.1, 0.15) is 27.7 Å². The molecule has 0 saturated heterocycles. The lowest BCUT2D eigenvalue weighted by Crippen LogP contribution is -2.22. The molecule has 0 aromatic heterocycles. The number of carbonyl (C=O) groups excluding carboxylic acids is 1. The zero-order valence-electron chi connectivity index (χ0n) is 8.70. The fraction of sp³-hybridized carbons (Fsp3) is 0.889. The number of ether oxygens (including phenoxy) is 3. The molecule has 13 heavy (non-hydrogen) atoms. The molecule has 0 heterocycles. The second-order valence-corrected chi connectivity index (χ2v) is 2.99. The summed E-state index contributed by atoms with van der Waals surface area (Å²) in [7, 11) is 0. The molecule has 1 atom stereocenters. The summed E-state index contributed by atoms with van der Waals surface area (Å²) in [5, 5.41) is 0. The van der Waals surface area contributed by atoms with Gasteiger partial charge in [-0.15, -0.1) is 0 Å². The predicted molar refractivity (Wildman–Crippen MR) is 48.7 cm³/mol. The smallest absolute Gasteiger partial charge is 0.435 e. The molecule has 0 aliphatic heterocycles. The number of rotatable bonds is 5. The summed E-state index contributed by atoms with van der Waals surface area (Å²) in [5.41, 5.74) is 0. The Hall–Kier alpha value is -0.770. The van der Waals surface area contributed by atoms with E-state index in [9.17, 15) is 4.79 Å². The van der Waals surface area contributed by atoms with Crippen molar-refractivity contribution in [3.8, 4) is 0 Å². The maximum atomic E-state index is 10.8. The quantitative estimate of drug-likeness (QED) is 0.622. The van der Waals surface area contributed by atoms with Gasteiger partial charge in [-0.1, -0.05) is 0 Å². The standard InChI is InChI=1S/C9H18O4/c1-5-11-9(10)13-8(4)6-12-7(2)3/h7-8H,5-6H2,1-4H3. The van der Waals surface area contributed by atoms with Gasteiger partial charge in [0, 0.05) is 0 Å². The first-order chi connectivity index (χ1) is 6.06. The summed E-state index contributed by atoms with van der Waals surface area (Å²) in [5.74, 6) is 0. The average Bonchev–Trinajstić information content (AvgIpc) is 2.01. The molecule has 4 nitrogen and oxygen atoms in total. The lowest BCUT2D eigenvalue weighted by atomic mass is 10.4. The van der Waals surface area contributed by atoms with E-state index >= 15 is 0 Å². The highest BCUT2D eigenvalue weighted by Gasteiger charge is 2.10. The summed E-state index contributed by atoms with van der Waals surface area (Å²) >= 11 is 0. The number of carbonyl (C=O) groups is 1. The van der Waals surface area contributed by atoms with Crippen molar-refractivity contribution in [2.24, 2.45) is 0 Å². The fourth-order valence-corrected chi connectivity index (χ4v) is 0.678. The van der Waals surface area contributed by atoms with E-state index in [1.807, 2.05) is 13.8 Å². The Morgan fingerprint density at radius 1 is 1.31 bits per heavy atom.